The number of hydrogen-bond acceptors (Lipinski definition) is 6. The number of benzene rings is 2. The second-order valence-corrected chi connectivity index (χ2v) is 7.45. The Hall–Kier alpha value is -3.26. The summed E-state index contributed by atoms with van der Waals surface area (Å²) in [4.78, 5) is 35.6. The van der Waals surface area contributed by atoms with Crippen LogP contribution in [0.5, 0.6) is 0 Å². The van der Waals surface area contributed by atoms with Crippen molar-refractivity contribution in [1.29, 1.82) is 0 Å². The van der Waals surface area contributed by atoms with E-state index in [0.29, 0.717) is 22.3 Å². The predicted molar refractivity (Wildman–Crippen MR) is 102 cm³/mol. The van der Waals surface area contributed by atoms with Gasteiger partial charge in [0.2, 0.25) is 4.87 Å². The Balaban J connectivity index is 1.58. The third-order valence-electron chi connectivity index (χ3n) is 4.68. The fraction of sp³-hybridized carbons (Fsp3) is 0.105. The minimum atomic E-state index is -1.15. The number of hydrogen-bond donors (Lipinski definition) is 2. The Morgan fingerprint density at radius 1 is 1.07 bits per heavy atom. The van der Waals surface area contributed by atoms with Crippen LogP contribution in [0.15, 0.2) is 63.8 Å². The molecule has 3 aromatic rings. The fourth-order valence-electron chi connectivity index (χ4n) is 3.46. The number of para-hydroxylation sites is 1. The largest absolute Gasteiger partial charge is 0.423 e. The average molecular weight is 379 g/mol. The molecule has 0 aliphatic carbocycles. The number of amides is 2. The normalized spacial score (nSPS) is 21.0. The number of hydrazine groups is 1. The van der Waals surface area contributed by atoms with Crippen LogP contribution in [0, 0.1) is 0 Å². The first-order valence-electron chi connectivity index (χ1n) is 8.26. The number of thioether (sulfide) groups is 1. The van der Waals surface area contributed by atoms with E-state index in [9.17, 15) is 14.4 Å². The van der Waals surface area contributed by atoms with Gasteiger partial charge < -0.3 is 9.73 Å². The molecule has 0 bridgehead atoms. The summed E-state index contributed by atoms with van der Waals surface area (Å²) < 4.78 is 5.13. The van der Waals surface area contributed by atoms with Crippen LogP contribution in [0.3, 0.4) is 0 Å². The third-order valence-corrected chi connectivity index (χ3v) is 6.07. The van der Waals surface area contributed by atoms with Crippen molar-refractivity contribution in [2.75, 3.05) is 16.5 Å². The molecule has 2 amide bonds. The molecule has 1 atom stereocenters. The van der Waals surface area contributed by atoms with E-state index in [-0.39, 0.29) is 17.6 Å². The van der Waals surface area contributed by atoms with Gasteiger partial charge in [-0.1, -0.05) is 18.2 Å². The Kier molecular flexibility index (Phi) is 3.32. The predicted octanol–water partition coefficient (Wildman–Crippen LogP) is 2.50. The quantitative estimate of drug-likeness (QED) is 0.665. The van der Waals surface area contributed by atoms with E-state index in [4.69, 9.17) is 4.42 Å². The second kappa shape index (κ2) is 5.62. The lowest BCUT2D eigenvalue weighted by Gasteiger charge is -2.32. The third kappa shape index (κ3) is 2.26. The lowest BCUT2D eigenvalue weighted by atomic mass is 10.1. The van der Waals surface area contributed by atoms with Crippen molar-refractivity contribution >= 4 is 45.9 Å². The average Bonchev–Trinajstić information content (AvgIpc) is 3.14. The highest BCUT2D eigenvalue weighted by Crippen LogP contribution is 2.51. The van der Waals surface area contributed by atoms with Crippen molar-refractivity contribution in [2.45, 2.75) is 4.87 Å². The zero-order chi connectivity index (χ0) is 18.6. The molecule has 2 N–H and O–H groups in total. The Bertz CT molecular complexity index is 1170. The zero-order valence-electron chi connectivity index (χ0n) is 13.9. The molecular weight excluding hydrogens is 366 g/mol. The van der Waals surface area contributed by atoms with Crippen molar-refractivity contribution in [2.24, 2.45) is 0 Å². The van der Waals surface area contributed by atoms with Crippen molar-refractivity contribution < 1.29 is 14.0 Å². The van der Waals surface area contributed by atoms with Gasteiger partial charge in [0.15, 0.2) is 0 Å². The first-order valence-corrected chi connectivity index (χ1v) is 9.25. The van der Waals surface area contributed by atoms with E-state index < -0.39 is 10.5 Å². The van der Waals surface area contributed by atoms with Gasteiger partial charge in [0.05, 0.1) is 11.4 Å². The molecule has 0 radical (unpaired) electrons. The molecule has 7 nitrogen and oxygen atoms in total. The summed E-state index contributed by atoms with van der Waals surface area (Å²) in [5.41, 5.74) is 5.19. The van der Waals surface area contributed by atoms with Gasteiger partial charge in [-0.3, -0.25) is 15.0 Å². The van der Waals surface area contributed by atoms with Crippen LogP contribution in [0.4, 0.5) is 11.4 Å². The SMILES string of the molecule is O=C1CSC2(C(=O)Nc3ccccc32)N1Nc1ccc2oc(=O)ccc2c1. The number of carbonyl (C=O) groups excluding carboxylic acids is 2. The van der Waals surface area contributed by atoms with Gasteiger partial charge in [0.1, 0.15) is 5.58 Å². The number of anilines is 2. The molecule has 2 aliphatic rings. The maximum atomic E-state index is 12.8. The molecule has 2 aliphatic heterocycles. The lowest BCUT2D eigenvalue weighted by Crippen LogP contribution is -2.49. The van der Waals surface area contributed by atoms with Crippen molar-refractivity contribution in [3.63, 3.8) is 0 Å². The van der Waals surface area contributed by atoms with Crippen LogP contribution in [0.1, 0.15) is 5.56 Å². The van der Waals surface area contributed by atoms with Crippen LogP contribution in [0.2, 0.25) is 0 Å². The first-order chi connectivity index (χ1) is 13.1. The number of fused-ring (bicyclic) bond motifs is 3. The van der Waals surface area contributed by atoms with Crippen LogP contribution >= 0.6 is 11.8 Å². The van der Waals surface area contributed by atoms with Gasteiger partial charge in [-0.2, -0.15) is 0 Å². The van der Waals surface area contributed by atoms with Crippen LogP contribution in [-0.2, 0) is 14.5 Å². The number of nitrogens with zero attached hydrogens (tertiary/aromatic N) is 1. The summed E-state index contributed by atoms with van der Waals surface area (Å²) in [6.45, 7) is 0. The van der Waals surface area contributed by atoms with Gasteiger partial charge in [0, 0.05) is 22.7 Å². The van der Waals surface area contributed by atoms with Gasteiger partial charge in [-0.15, -0.1) is 11.8 Å². The van der Waals surface area contributed by atoms with Gasteiger partial charge in [-0.25, -0.2) is 9.80 Å². The lowest BCUT2D eigenvalue weighted by molar-refractivity contribution is -0.134. The maximum absolute atomic E-state index is 12.8. The van der Waals surface area contributed by atoms with E-state index in [1.165, 1.54) is 22.8 Å². The number of rotatable bonds is 2. The molecule has 1 aromatic heterocycles. The molecule has 1 saturated heterocycles. The van der Waals surface area contributed by atoms with Gasteiger partial charge >= 0.3 is 5.63 Å². The van der Waals surface area contributed by atoms with Crippen LogP contribution in [0.25, 0.3) is 11.0 Å². The summed E-state index contributed by atoms with van der Waals surface area (Å²) in [5.74, 6) is -0.248. The minimum Gasteiger partial charge on any atom is -0.423 e. The molecule has 27 heavy (non-hydrogen) atoms. The molecule has 8 heteroatoms. The Morgan fingerprint density at radius 2 is 1.93 bits per heavy atom. The van der Waals surface area contributed by atoms with Crippen LogP contribution < -0.4 is 16.4 Å². The Morgan fingerprint density at radius 3 is 2.81 bits per heavy atom. The molecule has 0 saturated carbocycles. The highest BCUT2D eigenvalue weighted by molar-refractivity contribution is 8.02. The molecule has 3 heterocycles. The smallest absolute Gasteiger partial charge is 0.336 e. The molecule has 134 valence electrons. The first kappa shape index (κ1) is 16.0. The standard InChI is InChI=1S/C19H13N3O4S/c23-16-10-27-19(13-3-1-2-4-14(13)20-18(19)25)22(16)21-12-6-7-15-11(9-12)5-8-17(24)26-15/h1-9,21H,10H2,(H,20,25). The van der Waals surface area contributed by atoms with Crippen molar-refractivity contribution in [3.05, 3.63) is 70.6 Å². The van der Waals surface area contributed by atoms with E-state index in [2.05, 4.69) is 10.7 Å². The summed E-state index contributed by atoms with van der Waals surface area (Å²) in [5, 5.41) is 4.96. The van der Waals surface area contributed by atoms with E-state index in [0.717, 1.165) is 5.56 Å². The fourth-order valence-corrected chi connectivity index (χ4v) is 4.72. The maximum Gasteiger partial charge on any atom is 0.336 e. The minimum absolute atomic E-state index is 0.188. The monoisotopic (exact) mass is 379 g/mol. The summed E-state index contributed by atoms with van der Waals surface area (Å²) >= 11 is 1.29. The molecular formula is C19H13N3O4S. The summed E-state index contributed by atoms with van der Waals surface area (Å²) in [7, 11) is 0. The second-order valence-electron chi connectivity index (χ2n) is 6.28. The summed E-state index contributed by atoms with van der Waals surface area (Å²) in [6, 6.07) is 15.5. The van der Waals surface area contributed by atoms with E-state index in [1.807, 2.05) is 24.3 Å². The summed E-state index contributed by atoms with van der Waals surface area (Å²) in [6.07, 6.45) is 0. The molecule has 1 unspecified atom stereocenters. The molecule has 1 spiro atoms. The number of carbonyl (C=O) groups is 2. The van der Waals surface area contributed by atoms with E-state index in [1.54, 1.807) is 24.3 Å². The molecule has 1 fully saturated rings. The van der Waals surface area contributed by atoms with Gasteiger partial charge in [-0.05, 0) is 30.3 Å². The van der Waals surface area contributed by atoms with Crippen molar-refractivity contribution in [3.8, 4) is 0 Å². The Labute approximate surface area is 157 Å². The van der Waals surface area contributed by atoms with E-state index >= 15 is 0 Å². The number of nitrogens with one attached hydrogen (secondary N) is 2. The highest BCUT2D eigenvalue weighted by Gasteiger charge is 2.58. The molecule has 5 rings (SSSR count). The zero-order valence-corrected chi connectivity index (χ0v) is 14.7. The van der Waals surface area contributed by atoms with Gasteiger partial charge in [0.25, 0.3) is 11.8 Å². The van der Waals surface area contributed by atoms with Crippen molar-refractivity contribution in [1.82, 2.24) is 5.01 Å². The topological polar surface area (TPSA) is 91.7 Å². The van der Waals surface area contributed by atoms with Crippen LogP contribution in [-0.4, -0.2) is 22.6 Å². The molecule has 2 aromatic carbocycles. The highest BCUT2D eigenvalue weighted by atomic mass is 32.2.